The number of hydrogen-bond donors (Lipinski definition) is 2. The van der Waals surface area contributed by atoms with Crippen molar-refractivity contribution in [3.63, 3.8) is 0 Å². The number of carbonyl (C=O) groups is 2. The number of allylic oxidation sites excluding steroid dienone is 1. The van der Waals surface area contributed by atoms with Gasteiger partial charge in [-0.15, -0.1) is 10.2 Å². The van der Waals surface area contributed by atoms with E-state index in [9.17, 15) is 18.0 Å². The number of carbonyl (C=O) groups excluding carboxylic acids is 1. The van der Waals surface area contributed by atoms with E-state index < -0.39 is 12.1 Å². The molecule has 1 saturated carbocycles. The minimum Gasteiger partial charge on any atom is -0.475 e. The molecule has 2 aromatic heterocycles. The van der Waals surface area contributed by atoms with Crippen LogP contribution in [0.1, 0.15) is 55.7 Å². The molecule has 0 aliphatic heterocycles. The molecule has 198 valence electrons. The van der Waals surface area contributed by atoms with Crippen molar-refractivity contribution in [3.05, 3.63) is 29.5 Å². The zero-order valence-corrected chi connectivity index (χ0v) is 20.5. The summed E-state index contributed by atoms with van der Waals surface area (Å²) in [5.41, 5.74) is 2.93. The standard InChI is InChI=1S/C21H30N6O2.C2HF3O2/c1-4-14-11-15(29-21(28)22-9-6-10-26(2)3)12-16(14)20-25-24-19-13-23-17-7-5-8-18(17)27(19)20;3-2(4,5)1(6)7/h5,8,13-16H,4,6-7,9-12H2,1-3H3,(H,22,28);(H,6,7)/t14-,15+,16+;/m1./s1. The van der Waals surface area contributed by atoms with E-state index in [1.165, 1.54) is 0 Å². The molecule has 3 atom stereocenters. The number of carboxylic acid groups (broad SMARTS) is 1. The maximum absolute atomic E-state index is 12.2. The third kappa shape index (κ3) is 6.71. The number of hydrogen-bond acceptors (Lipinski definition) is 7. The van der Waals surface area contributed by atoms with Crippen molar-refractivity contribution >= 4 is 23.8 Å². The fourth-order valence-corrected chi connectivity index (χ4v) is 4.54. The summed E-state index contributed by atoms with van der Waals surface area (Å²) < 4.78 is 39.6. The van der Waals surface area contributed by atoms with Gasteiger partial charge >= 0.3 is 18.2 Å². The fourth-order valence-electron chi connectivity index (χ4n) is 4.54. The largest absolute Gasteiger partial charge is 0.490 e. The van der Waals surface area contributed by atoms with Crippen LogP contribution in [0.25, 0.3) is 11.7 Å². The summed E-state index contributed by atoms with van der Waals surface area (Å²) in [4.78, 5) is 27.7. The summed E-state index contributed by atoms with van der Waals surface area (Å²) in [6.07, 6.45) is 4.97. The number of carboxylic acids is 1. The van der Waals surface area contributed by atoms with Gasteiger partial charge in [-0.3, -0.25) is 9.38 Å². The Labute approximate surface area is 206 Å². The summed E-state index contributed by atoms with van der Waals surface area (Å²) in [5, 5.41) is 18.9. The summed E-state index contributed by atoms with van der Waals surface area (Å²) in [6.45, 7) is 3.76. The molecule has 4 rings (SSSR count). The highest BCUT2D eigenvalue weighted by Crippen LogP contribution is 2.42. The smallest absolute Gasteiger partial charge is 0.475 e. The number of nitrogens with one attached hydrogen (secondary N) is 1. The second-order valence-corrected chi connectivity index (χ2v) is 9.11. The number of fused-ring (bicyclic) bond motifs is 3. The van der Waals surface area contributed by atoms with Crippen molar-refractivity contribution in [3.8, 4) is 0 Å². The van der Waals surface area contributed by atoms with Gasteiger partial charge < -0.3 is 20.1 Å². The van der Waals surface area contributed by atoms with Gasteiger partial charge in [0.15, 0.2) is 5.65 Å². The van der Waals surface area contributed by atoms with Crippen LogP contribution in [0.4, 0.5) is 18.0 Å². The average molecular weight is 513 g/mol. The monoisotopic (exact) mass is 512 g/mol. The Bertz CT molecular complexity index is 1100. The number of alkyl halides is 3. The Morgan fingerprint density at radius 3 is 2.64 bits per heavy atom. The molecule has 2 aliphatic rings. The Morgan fingerprint density at radius 2 is 2.00 bits per heavy atom. The van der Waals surface area contributed by atoms with Gasteiger partial charge in [-0.25, -0.2) is 9.59 Å². The molecule has 0 saturated heterocycles. The van der Waals surface area contributed by atoms with Gasteiger partial charge in [-0.05, 0) is 51.9 Å². The van der Waals surface area contributed by atoms with Gasteiger partial charge in [0.25, 0.3) is 0 Å². The van der Waals surface area contributed by atoms with Crippen molar-refractivity contribution < 1.29 is 32.6 Å². The molecule has 0 aromatic carbocycles. The lowest BCUT2D eigenvalue weighted by Crippen LogP contribution is -2.30. The summed E-state index contributed by atoms with van der Waals surface area (Å²) in [6, 6.07) is 0. The van der Waals surface area contributed by atoms with Crippen molar-refractivity contribution in [2.75, 3.05) is 27.2 Å². The predicted molar refractivity (Wildman–Crippen MR) is 124 cm³/mol. The molecule has 0 bridgehead atoms. The van der Waals surface area contributed by atoms with Crippen LogP contribution in [0.5, 0.6) is 0 Å². The SMILES string of the molecule is CC[C@@H]1C[C@H](OC(=O)NCCCN(C)C)C[C@@H]1c1nnc2cnc3c(n12)C=CC3.O=C(O)C(F)(F)F. The van der Waals surface area contributed by atoms with Crippen LogP contribution < -0.4 is 5.32 Å². The quantitative estimate of drug-likeness (QED) is 0.542. The molecule has 0 unspecified atom stereocenters. The van der Waals surface area contributed by atoms with Gasteiger partial charge in [0.05, 0.1) is 17.6 Å². The van der Waals surface area contributed by atoms with E-state index in [1.807, 2.05) is 14.1 Å². The minimum atomic E-state index is -5.08. The van der Waals surface area contributed by atoms with Crippen LogP contribution in [-0.2, 0) is 16.0 Å². The fraction of sp³-hybridized carbons (Fsp3) is 0.609. The van der Waals surface area contributed by atoms with Crippen molar-refractivity contribution in [2.45, 2.75) is 57.2 Å². The third-order valence-corrected chi connectivity index (χ3v) is 6.25. The molecule has 0 radical (unpaired) electrons. The van der Waals surface area contributed by atoms with Crippen molar-refractivity contribution in [1.82, 2.24) is 29.8 Å². The van der Waals surface area contributed by atoms with E-state index in [2.05, 4.69) is 48.9 Å². The van der Waals surface area contributed by atoms with E-state index in [0.29, 0.717) is 12.5 Å². The Hall–Kier alpha value is -3.22. The number of aromatic nitrogens is 4. The number of halogens is 3. The van der Waals surface area contributed by atoms with Crippen LogP contribution >= 0.6 is 0 Å². The maximum atomic E-state index is 12.2. The van der Waals surface area contributed by atoms with E-state index in [-0.39, 0.29) is 18.1 Å². The molecule has 10 nitrogen and oxygen atoms in total. The van der Waals surface area contributed by atoms with Gasteiger partial charge in [-0.1, -0.05) is 19.4 Å². The molecule has 2 aliphatic carbocycles. The van der Waals surface area contributed by atoms with Crippen molar-refractivity contribution in [1.29, 1.82) is 0 Å². The van der Waals surface area contributed by atoms with Gasteiger partial charge in [-0.2, -0.15) is 13.2 Å². The number of alkyl carbamates (subject to hydrolysis) is 1. The van der Waals surface area contributed by atoms with Crippen LogP contribution in [0.3, 0.4) is 0 Å². The summed E-state index contributed by atoms with van der Waals surface area (Å²) >= 11 is 0. The molecule has 2 aromatic rings. The average Bonchev–Trinajstić information content (AvgIpc) is 3.53. The number of aliphatic carboxylic acids is 1. The number of amides is 1. The third-order valence-electron chi connectivity index (χ3n) is 6.25. The van der Waals surface area contributed by atoms with E-state index in [4.69, 9.17) is 14.6 Å². The zero-order valence-electron chi connectivity index (χ0n) is 20.5. The lowest BCUT2D eigenvalue weighted by molar-refractivity contribution is -0.192. The first kappa shape index (κ1) is 27.4. The summed E-state index contributed by atoms with van der Waals surface area (Å²) in [7, 11) is 4.05. The first-order chi connectivity index (χ1) is 17.0. The number of rotatable bonds is 7. The van der Waals surface area contributed by atoms with E-state index in [0.717, 1.165) is 61.5 Å². The molecule has 1 fully saturated rings. The maximum Gasteiger partial charge on any atom is 0.490 e. The predicted octanol–water partition coefficient (Wildman–Crippen LogP) is 3.28. The lowest BCUT2D eigenvalue weighted by atomic mass is 9.93. The second-order valence-electron chi connectivity index (χ2n) is 9.11. The highest BCUT2D eigenvalue weighted by atomic mass is 19.4. The molecule has 0 spiro atoms. The van der Waals surface area contributed by atoms with E-state index in [1.54, 1.807) is 6.20 Å². The first-order valence-corrected chi connectivity index (χ1v) is 11.8. The van der Waals surface area contributed by atoms with Gasteiger partial charge in [0.1, 0.15) is 11.9 Å². The topological polar surface area (TPSA) is 122 Å². The van der Waals surface area contributed by atoms with E-state index >= 15 is 0 Å². The molecule has 2 N–H and O–H groups in total. The second kappa shape index (κ2) is 11.7. The van der Waals surface area contributed by atoms with Crippen LogP contribution in [-0.4, -0.2) is 81.1 Å². The molecule has 1 amide bonds. The Balaban J connectivity index is 0.000000454. The molecular weight excluding hydrogens is 481 g/mol. The number of ether oxygens (including phenoxy) is 1. The normalized spacial score (nSPS) is 20.8. The van der Waals surface area contributed by atoms with Gasteiger partial charge in [0.2, 0.25) is 0 Å². The zero-order chi connectivity index (χ0) is 26.5. The Kier molecular flexibility index (Phi) is 8.88. The molecule has 13 heteroatoms. The minimum absolute atomic E-state index is 0.0865. The van der Waals surface area contributed by atoms with Gasteiger partial charge in [0, 0.05) is 18.9 Å². The Morgan fingerprint density at radius 1 is 1.28 bits per heavy atom. The highest BCUT2D eigenvalue weighted by molar-refractivity contribution is 5.73. The van der Waals surface area contributed by atoms with Crippen molar-refractivity contribution in [2.24, 2.45) is 5.92 Å². The molecular formula is C23H31F3N6O4. The first-order valence-electron chi connectivity index (χ1n) is 11.8. The van der Waals surface area contributed by atoms with Crippen LogP contribution in [0.15, 0.2) is 12.3 Å². The highest BCUT2D eigenvalue weighted by Gasteiger charge is 2.39. The van der Waals surface area contributed by atoms with Crippen LogP contribution in [0.2, 0.25) is 0 Å². The molecule has 2 heterocycles. The van der Waals surface area contributed by atoms with Crippen LogP contribution in [0, 0.1) is 5.92 Å². The molecule has 36 heavy (non-hydrogen) atoms. The summed E-state index contributed by atoms with van der Waals surface area (Å²) in [5.74, 6) is -1.15. The lowest BCUT2D eigenvalue weighted by Gasteiger charge is -2.16. The number of nitrogens with zero attached hydrogens (tertiary/aromatic N) is 5.